The minimum Gasteiger partial charge on any atom is -0.352 e. The van der Waals surface area contributed by atoms with Gasteiger partial charge in [0.2, 0.25) is 0 Å². The normalized spacial score (nSPS) is 12.8. The molecule has 0 atom stereocenters. The largest absolute Gasteiger partial charge is 0.352 e. The Morgan fingerprint density at radius 1 is 1.04 bits per heavy atom. The molecule has 5 heteroatoms. The predicted molar refractivity (Wildman–Crippen MR) is 108 cm³/mol. The number of nitrogens with one attached hydrogen (secondary N) is 2. The molecule has 3 amide bonds. The number of aryl methyl sites for hydroxylation is 1. The minimum atomic E-state index is -0.127. The molecule has 0 unspecified atom stereocenters. The molecule has 142 valence electrons. The van der Waals surface area contributed by atoms with Crippen molar-refractivity contribution >= 4 is 17.6 Å². The molecule has 0 saturated carbocycles. The summed E-state index contributed by atoms with van der Waals surface area (Å²) in [4.78, 5) is 26.4. The number of carbonyl (C=O) groups is 2. The highest BCUT2D eigenvalue weighted by atomic mass is 16.2. The van der Waals surface area contributed by atoms with Gasteiger partial charge in [-0.05, 0) is 54.7 Å². The van der Waals surface area contributed by atoms with Crippen molar-refractivity contribution < 1.29 is 9.59 Å². The highest BCUT2D eigenvalue weighted by Gasteiger charge is 2.23. The molecule has 0 fully saturated rings. The van der Waals surface area contributed by atoms with E-state index in [0.29, 0.717) is 36.8 Å². The summed E-state index contributed by atoms with van der Waals surface area (Å²) in [5.41, 5.74) is 4.90. The number of hydrogen-bond acceptors (Lipinski definition) is 2. The third kappa shape index (κ3) is 4.88. The predicted octanol–water partition coefficient (Wildman–Crippen LogP) is 4.32. The van der Waals surface area contributed by atoms with Crippen LogP contribution in [0.3, 0.4) is 0 Å². The molecule has 1 aliphatic heterocycles. The van der Waals surface area contributed by atoms with Crippen LogP contribution in [0.25, 0.3) is 0 Å². The Bertz CT molecular complexity index is 828. The molecule has 2 N–H and O–H groups in total. The Hall–Kier alpha value is -2.82. The second kappa shape index (κ2) is 8.25. The Kier molecular flexibility index (Phi) is 5.79. The van der Waals surface area contributed by atoms with Gasteiger partial charge in [0.25, 0.3) is 5.91 Å². The van der Waals surface area contributed by atoms with E-state index in [1.165, 1.54) is 16.7 Å². The number of fused-ring (bicyclic) bond motifs is 1. The maximum atomic E-state index is 12.5. The summed E-state index contributed by atoms with van der Waals surface area (Å²) >= 11 is 0. The molecule has 1 aliphatic rings. The SMILES string of the molecule is Cc1ccc2c(c1)CN(C(=O)Nc1ccc(C(=O)NCCC(C)C)cc1)C2. The number of hydrogen-bond donors (Lipinski definition) is 2. The molecule has 0 aliphatic carbocycles. The van der Waals surface area contributed by atoms with Gasteiger partial charge >= 0.3 is 6.03 Å². The molecule has 2 aromatic rings. The van der Waals surface area contributed by atoms with Crippen LogP contribution in [-0.4, -0.2) is 23.4 Å². The maximum Gasteiger partial charge on any atom is 0.322 e. The molecule has 5 nitrogen and oxygen atoms in total. The summed E-state index contributed by atoms with van der Waals surface area (Å²) in [6, 6.07) is 13.2. The topological polar surface area (TPSA) is 61.4 Å². The van der Waals surface area contributed by atoms with Crippen LogP contribution in [0.2, 0.25) is 0 Å². The van der Waals surface area contributed by atoms with Crippen LogP contribution in [-0.2, 0) is 13.1 Å². The molecule has 0 aromatic heterocycles. The van der Waals surface area contributed by atoms with E-state index in [-0.39, 0.29) is 11.9 Å². The zero-order valence-corrected chi connectivity index (χ0v) is 16.2. The lowest BCUT2D eigenvalue weighted by Gasteiger charge is -2.16. The lowest BCUT2D eigenvalue weighted by Crippen LogP contribution is -2.30. The van der Waals surface area contributed by atoms with Gasteiger partial charge in [-0.3, -0.25) is 4.79 Å². The quantitative estimate of drug-likeness (QED) is 0.829. The van der Waals surface area contributed by atoms with Gasteiger partial charge < -0.3 is 15.5 Å². The van der Waals surface area contributed by atoms with Crippen molar-refractivity contribution in [1.82, 2.24) is 10.2 Å². The van der Waals surface area contributed by atoms with Crippen molar-refractivity contribution in [3.8, 4) is 0 Å². The summed E-state index contributed by atoms with van der Waals surface area (Å²) in [5, 5.41) is 5.83. The van der Waals surface area contributed by atoms with E-state index in [0.717, 1.165) is 6.42 Å². The fraction of sp³-hybridized carbons (Fsp3) is 0.364. The summed E-state index contributed by atoms with van der Waals surface area (Å²) in [5.74, 6) is 0.474. The molecule has 2 aromatic carbocycles. The van der Waals surface area contributed by atoms with E-state index in [9.17, 15) is 9.59 Å². The Labute approximate surface area is 160 Å². The van der Waals surface area contributed by atoms with E-state index in [1.54, 1.807) is 29.2 Å². The molecule has 27 heavy (non-hydrogen) atoms. The second-order valence-electron chi connectivity index (χ2n) is 7.57. The average molecular weight is 365 g/mol. The summed E-state index contributed by atoms with van der Waals surface area (Å²) in [6.45, 7) is 8.23. The van der Waals surface area contributed by atoms with Crippen LogP contribution >= 0.6 is 0 Å². The number of urea groups is 1. The van der Waals surface area contributed by atoms with Crippen molar-refractivity contribution in [2.45, 2.75) is 40.3 Å². The van der Waals surface area contributed by atoms with Gasteiger partial charge in [-0.1, -0.05) is 37.6 Å². The average Bonchev–Trinajstić information content (AvgIpc) is 3.05. The van der Waals surface area contributed by atoms with E-state index in [4.69, 9.17) is 0 Å². The van der Waals surface area contributed by atoms with Gasteiger partial charge in [-0.2, -0.15) is 0 Å². The van der Waals surface area contributed by atoms with Crippen LogP contribution in [0.1, 0.15) is 47.3 Å². The van der Waals surface area contributed by atoms with Crippen LogP contribution in [0.5, 0.6) is 0 Å². The highest BCUT2D eigenvalue weighted by molar-refractivity contribution is 5.95. The van der Waals surface area contributed by atoms with Gasteiger partial charge in [0.15, 0.2) is 0 Å². The monoisotopic (exact) mass is 365 g/mol. The van der Waals surface area contributed by atoms with Crippen molar-refractivity contribution in [3.05, 3.63) is 64.7 Å². The minimum absolute atomic E-state index is 0.0844. The molecular formula is C22H27N3O2. The molecule has 0 saturated heterocycles. The van der Waals surface area contributed by atoms with Gasteiger partial charge in [0.1, 0.15) is 0 Å². The lowest BCUT2D eigenvalue weighted by atomic mass is 10.1. The molecule has 3 rings (SSSR count). The van der Waals surface area contributed by atoms with E-state index in [1.807, 2.05) is 0 Å². The molecule has 0 spiro atoms. The smallest absolute Gasteiger partial charge is 0.322 e. The van der Waals surface area contributed by atoms with Crippen molar-refractivity contribution in [3.63, 3.8) is 0 Å². The van der Waals surface area contributed by atoms with E-state index < -0.39 is 0 Å². The number of benzene rings is 2. The first-order valence-corrected chi connectivity index (χ1v) is 9.45. The van der Waals surface area contributed by atoms with Gasteiger partial charge in [-0.15, -0.1) is 0 Å². The van der Waals surface area contributed by atoms with Gasteiger partial charge in [0, 0.05) is 30.9 Å². The lowest BCUT2D eigenvalue weighted by molar-refractivity contribution is 0.0952. The standard InChI is InChI=1S/C22H27N3O2/c1-15(2)10-11-23-21(26)17-6-8-20(9-7-17)24-22(27)25-13-18-5-4-16(3)12-19(18)14-25/h4-9,12,15H,10-11,13-14H2,1-3H3,(H,23,26)(H,24,27). The van der Waals surface area contributed by atoms with E-state index >= 15 is 0 Å². The Morgan fingerprint density at radius 3 is 2.44 bits per heavy atom. The van der Waals surface area contributed by atoms with E-state index in [2.05, 4.69) is 49.6 Å². The van der Waals surface area contributed by atoms with Crippen molar-refractivity contribution in [2.24, 2.45) is 5.92 Å². The zero-order chi connectivity index (χ0) is 19.4. The Morgan fingerprint density at radius 2 is 1.74 bits per heavy atom. The van der Waals surface area contributed by atoms with Crippen molar-refractivity contribution in [1.29, 1.82) is 0 Å². The third-order valence-electron chi connectivity index (χ3n) is 4.78. The number of anilines is 1. The molecule has 0 radical (unpaired) electrons. The number of carbonyl (C=O) groups excluding carboxylic acids is 2. The number of rotatable bonds is 5. The first-order chi connectivity index (χ1) is 12.9. The number of nitrogens with zero attached hydrogens (tertiary/aromatic N) is 1. The molecular weight excluding hydrogens is 338 g/mol. The van der Waals surface area contributed by atoms with Crippen LogP contribution in [0.4, 0.5) is 10.5 Å². The fourth-order valence-electron chi connectivity index (χ4n) is 3.15. The summed E-state index contributed by atoms with van der Waals surface area (Å²) in [6.07, 6.45) is 0.956. The summed E-state index contributed by atoms with van der Waals surface area (Å²) < 4.78 is 0. The highest BCUT2D eigenvalue weighted by Crippen LogP contribution is 2.24. The number of amides is 3. The first kappa shape index (κ1) is 19.0. The Balaban J connectivity index is 1.54. The van der Waals surface area contributed by atoms with Crippen molar-refractivity contribution in [2.75, 3.05) is 11.9 Å². The maximum absolute atomic E-state index is 12.5. The van der Waals surface area contributed by atoms with Gasteiger partial charge in [-0.25, -0.2) is 4.79 Å². The first-order valence-electron chi connectivity index (χ1n) is 9.45. The van der Waals surface area contributed by atoms with Crippen LogP contribution in [0.15, 0.2) is 42.5 Å². The third-order valence-corrected chi connectivity index (χ3v) is 4.78. The second-order valence-corrected chi connectivity index (χ2v) is 7.57. The van der Waals surface area contributed by atoms with Crippen LogP contribution < -0.4 is 10.6 Å². The van der Waals surface area contributed by atoms with Gasteiger partial charge in [0.05, 0.1) is 0 Å². The molecule has 1 heterocycles. The zero-order valence-electron chi connectivity index (χ0n) is 16.2. The molecule has 0 bridgehead atoms. The summed E-state index contributed by atoms with van der Waals surface area (Å²) in [7, 11) is 0. The van der Waals surface area contributed by atoms with Crippen LogP contribution in [0, 0.1) is 12.8 Å². The fourth-order valence-corrected chi connectivity index (χ4v) is 3.15.